The average Bonchev–Trinajstić information content (AvgIpc) is 2.46. The second-order valence-corrected chi connectivity index (χ2v) is 4.47. The predicted octanol–water partition coefficient (Wildman–Crippen LogP) is 2.05. The molecule has 1 amide bonds. The Morgan fingerprint density at radius 2 is 2.25 bits per heavy atom. The first-order valence-corrected chi connectivity index (χ1v) is 6.53. The molecule has 1 aromatic carbocycles. The molecule has 1 unspecified atom stereocenters. The third-order valence-corrected chi connectivity index (χ3v) is 2.99. The van der Waals surface area contributed by atoms with Gasteiger partial charge in [-0.05, 0) is 18.6 Å². The van der Waals surface area contributed by atoms with Crippen molar-refractivity contribution in [2.24, 2.45) is 0 Å². The summed E-state index contributed by atoms with van der Waals surface area (Å²) < 4.78 is 0. The van der Waals surface area contributed by atoms with Crippen LogP contribution in [0.3, 0.4) is 0 Å². The fourth-order valence-corrected chi connectivity index (χ4v) is 1.58. The lowest BCUT2D eigenvalue weighted by molar-refractivity contribution is -0.112. The SMILES string of the molecule is CCC(CO)N/C=C(/C#N)C(=O)Nc1ccccc1Cl. The Labute approximate surface area is 122 Å². The van der Waals surface area contributed by atoms with Gasteiger partial charge in [0.2, 0.25) is 0 Å². The van der Waals surface area contributed by atoms with Crippen molar-refractivity contribution in [2.75, 3.05) is 11.9 Å². The summed E-state index contributed by atoms with van der Waals surface area (Å²) in [6.45, 7) is 1.81. The van der Waals surface area contributed by atoms with Crippen LogP contribution in [0.1, 0.15) is 13.3 Å². The van der Waals surface area contributed by atoms with Crippen molar-refractivity contribution in [3.8, 4) is 6.07 Å². The first-order chi connectivity index (χ1) is 9.62. The Morgan fingerprint density at radius 3 is 2.80 bits per heavy atom. The van der Waals surface area contributed by atoms with Gasteiger partial charge in [-0.15, -0.1) is 0 Å². The number of benzene rings is 1. The quantitative estimate of drug-likeness (QED) is 0.553. The molecular weight excluding hydrogens is 278 g/mol. The van der Waals surface area contributed by atoms with Crippen LogP contribution < -0.4 is 10.6 Å². The van der Waals surface area contributed by atoms with E-state index in [0.29, 0.717) is 17.1 Å². The molecule has 3 N–H and O–H groups in total. The molecule has 6 heteroatoms. The molecule has 0 aliphatic rings. The van der Waals surface area contributed by atoms with Crippen LogP contribution in [-0.4, -0.2) is 23.7 Å². The summed E-state index contributed by atoms with van der Waals surface area (Å²) in [6.07, 6.45) is 1.98. The molecule has 0 fully saturated rings. The number of amides is 1. The van der Waals surface area contributed by atoms with Gasteiger partial charge in [0.1, 0.15) is 11.6 Å². The number of rotatable bonds is 6. The highest BCUT2D eigenvalue weighted by molar-refractivity contribution is 6.33. The molecule has 5 nitrogen and oxygen atoms in total. The van der Waals surface area contributed by atoms with Gasteiger partial charge in [0, 0.05) is 12.2 Å². The van der Waals surface area contributed by atoms with E-state index in [-0.39, 0.29) is 18.2 Å². The fraction of sp³-hybridized carbons (Fsp3) is 0.286. The van der Waals surface area contributed by atoms with E-state index in [9.17, 15) is 4.79 Å². The summed E-state index contributed by atoms with van der Waals surface area (Å²) in [5.41, 5.74) is 0.353. The molecule has 0 aliphatic heterocycles. The number of aliphatic hydroxyl groups is 1. The van der Waals surface area contributed by atoms with E-state index in [1.54, 1.807) is 30.3 Å². The van der Waals surface area contributed by atoms with Crippen molar-refractivity contribution in [3.05, 3.63) is 41.1 Å². The number of para-hydroxylation sites is 1. The van der Waals surface area contributed by atoms with Gasteiger partial charge in [0.05, 0.1) is 17.3 Å². The number of carbonyl (C=O) groups is 1. The van der Waals surface area contributed by atoms with Crippen molar-refractivity contribution >= 4 is 23.2 Å². The maximum Gasteiger partial charge on any atom is 0.267 e. The molecule has 0 aromatic heterocycles. The van der Waals surface area contributed by atoms with Crippen molar-refractivity contribution in [1.82, 2.24) is 5.32 Å². The summed E-state index contributed by atoms with van der Waals surface area (Å²) in [5.74, 6) is -0.555. The first kappa shape index (κ1) is 16.0. The first-order valence-electron chi connectivity index (χ1n) is 6.15. The topological polar surface area (TPSA) is 85.2 Å². The van der Waals surface area contributed by atoms with E-state index < -0.39 is 5.91 Å². The zero-order valence-electron chi connectivity index (χ0n) is 11.1. The molecule has 0 spiro atoms. The number of nitriles is 1. The van der Waals surface area contributed by atoms with E-state index in [2.05, 4.69) is 10.6 Å². The highest BCUT2D eigenvalue weighted by Gasteiger charge is 2.11. The molecule has 0 saturated heterocycles. The zero-order valence-corrected chi connectivity index (χ0v) is 11.8. The van der Waals surface area contributed by atoms with Crippen molar-refractivity contribution < 1.29 is 9.90 Å². The van der Waals surface area contributed by atoms with Crippen molar-refractivity contribution in [3.63, 3.8) is 0 Å². The molecule has 0 heterocycles. The minimum absolute atomic E-state index is 0.0716. The molecule has 0 bridgehead atoms. The number of nitrogens with one attached hydrogen (secondary N) is 2. The van der Waals surface area contributed by atoms with Crippen LogP contribution in [0.15, 0.2) is 36.0 Å². The van der Waals surface area contributed by atoms with Crippen LogP contribution in [0.2, 0.25) is 5.02 Å². The van der Waals surface area contributed by atoms with Crippen LogP contribution in [0, 0.1) is 11.3 Å². The minimum Gasteiger partial charge on any atom is -0.394 e. The molecule has 1 rings (SSSR count). The Morgan fingerprint density at radius 1 is 1.55 bits per heavy atom. The van der Waals surface area contributed by atoms with Gasteiger partial charge < -0.3 is 15.7 Å². The van der Waals surface area contributed by atoms with E-state index in [4.69, 9.17) is 22.0 Å². The van der Waals surface area contributed by atoms with E-state index in [1.807, 2.05) is 6.92 Å². The predicted molar refractivity (Wildman–Crippen MR) is 78.1 cm³/mol. The Kier molecular flexibility index (Phi) is 6.57. The largest absolute Gasteiger partial charge is 0.394 e. The van der Waals surface area contributed by atoms with Gasteiger partial charge in [-0.2, -0.15) is 5.26 Å². The Hall–Kier alpha value is -2.03. The van der Waals surface area contributed by atoms with Gasteiger partial charge in [-0.1, -0.05) is 30.7 Å². The molecule has 1 atom stereocenters. The molecule has 106 valence electrons. The standard InChI is InChI=1S/C14H16ClN3O2/c1-2-11(9-19)17-8-10(7-16)14(20)18-13-6-4-3-5-12(13)15/h3-6,8,11,17,19H,2,9H2,1H3,(H,18,20)/b10-8-. The lowest BCUT2D eigenvalue weighted by Gasteiger charge is -2.12. The van der Waals surface area contributed by atoms with Gasteiger partial charge in [0.15, 0.2) is 0 Å². The number of hydrogen-bond acceptors (Lipinski definition) is 4. The summed E-state index contributed by atoms with van der Waals surface area (Å²) in [7, 11) is 0. The van der Waals surface area contributed by atoms with Gasteiger partial charge >= 0.3 is 0 Å². The van der Waals surface area contributed by atoms with Crippen LogP contribution in [-0.2, 0) is 4.79 Å². The van der Waals surface area contributed by atoms with Crippen molar-refractivity contribution in [1.29, 1.82) is 5.26 Å². The van der Waals surface area contributed by atoms with Crippen LogP contribution in [0.5, 0.6) is 0 Å². The van der Waals surface area contributed by atoms with E-state index in [1.165, 1.54) is 6.20 Å². The normalized spacial score (nSPS) is 12.4. The number of carbonyl (C=O) groups excluding carboxylic acids is 1. The Bertz CT molecular complexity index is 533. The number of nitrogens with zero attached hydrogens (tertiary/aromatic N) is 1. The maximum absolute atomic E-state index is 11.9. The number of hydrogen-bond donors (Lipinski definition) is 3. The highest BCUT2D eigenvalue weighted by Crippen LogP contribution is 2.20. The lowest BCUT2D eigenvalue weighted by Crippen LogP contribution is -2.28. The van der Waals surface area contributed by atoms with Crippen LogP contribution >= 0.6 is 11.6 Å². The van der Waals surface area contributed by atoms with Crippen LogP contribution in [0.25, 0.3) is 0 Å². The van der Waals surface area contributed by atoms with Gasteiger partial charge in [0.25, 0.3) is 5.91 Å². The number of anilines is 1. The second kappa shape index (κ2) is 8.20. The Balaban J connectivity index is 2.76. The molecule has 1 aromatic rings. The molecule has 0 radical (unpaired) electrons. The average molecular weight is 294 g/mol. The summed E-state index contributed by atoms with van der Waals surface area (Å²) in [6, 6.07) is 8.38. The zero-order chi connectivity index (χ0) is 15.0. The van der Waals surface area contributed by atoms with Crippen molar-refractivity contribution in [2.45, 2.75) is 19.4 Å². The summed E-state index contributed by atoms with van der Waals surface area (Å²) in [4.78, 5) is 11.9. The lowest BCUT2D eigenvalue weighted by atomic mass is 10.2. The maximum atomic E-state index is 11.9. The summed E-state index contributed by atoms with van der Waals surface area (Å²) in [5, 5.41) is 23.8. The minimum atomic E-state index is -0.555. The fourth-order valence-electron chi connectivity index (χ4n) is 1.40. The molecule has 20 heavy (non-hydrogen) atoms. The number of halogens is 1. The van der Waals surface area contributed by atoms with Crippen LogP contribution in [0.4, 0.5) is 5.69 Å². The molecular formula is C14H16ClN3O2. The van der Waals surface area contributed by atoms with Gasteiger partial charge in [-0.25, -0.2) is 0 Å². The highest BCUT2D eigenvalue weighted by atomic mass is 35.5. The second-order valence-electron chi connectivity index (χ2n) is 4.06. The smallest absolute Gasteiger partial charge is 0.267 e. The number of aliphatic hydroxyl groups excluding tert-OH is 1. The monoisotopic (exact) mass is 293 g/mol. The summed E-state index contributed by atoms with van der Waals surface area (Å²) >= 11 is 5.92. The third kappa shape index (κ3) is 4.57. The molecule has 0 saturated carbocycles. The van der Waals surface area contributed by atoms with Gasteiger partial charge in [-0.3, -0.25) is 4.79 Å². The third-order valence-electron chi connectivity index (χ3n) is 2.66. The van der Waals surface area contributed by atoms with E-state index >= 15 is 0 Å². The molecule has 0 aliphatic carbocycles. The van der Waals surface area contributed by atoms with E-state index in [0.717, 1.165) is 0 Å².